The van der Waals surface area contributed by atoms with Crippen LogP contribution in [-0.4, -0.2) is 6.61 Å². The Morgan fingerprint density at radius 1 is 1.20 bits per heavy atom. The molecule has 0 spiro atoms. The van der Waals surface area contributed by atoms with Crippen LogP contribution in [0.1, 0.15) is 0 Å². The first-order valence-corrected chi connectivity index (χ1v) is 6.00. The first-order valence-electron chi connectivity index (χ1n) is 5.62. The molecule has 0 saturated heterocycles. The molecule has 0 unspecified atom stereocenters. The summed E-state index contributed by atoms with van der Waals surface area (Å²) in [6.45, 7) is 3.56. The number of hydrogen-bond acceptors (Lipinski definition) is 1. The predicted octanol–water partition coefficient (Wildman–Crippen LogP) is 4.79. The van der Waals surface area contributed by atoms with Crippen molar-refractivity contribution >= 4 is 11.6 Å². The summed E-state index contributed by atoms with van der Waals surface area (Å²) < 4.78 is 46.0. The summed E-state index contributed by atoms with van der Waals surface area (Å²) in [6, 6.07) is 6.40. The largest absolute Gasteiger partial charge is 0.489 e. The van der Waals surface area contributed by atoms with E-state index >= 15 is 0 Å². The van der Waals surface area contributed by atoms with E-state index in [9.17, 15) is 13.2 Å². The highest BCUT2D eigenvalue weighted by Gasteiger charge is 2.17. The molecule has 0 aliphatic rings. The molecule has 0 atom stereocenters. The summed E-state index contributed by atoms with van der Waals surface area (Å²) in [6.07, 6.45) is 1.45. The second kappa shape index (κ2) is 6.01. The van der Waals surface area contributed by atoms with E-state index in [1.165, 1.54) is 6.08 Å². The Kier molecular flexibility index (Phi) is 4.35. The van der Waals surface area contributed by atoms with Gasteiger partial charge in [0, 0.05) is 17.7 Å². The molecule has 0 amide bonds. The molecule has 0 saturated carbocycles. The fourth-order valence-corrected chi connectivity index (χ4v) is 1.92. The molecule has 0 aromatic heterocycles. The van der Waals surface area contributed by atoms with Crippen molar-refractivity contribution in [3.8, 4) is 16.9 Å². The molecule has 0 aliphatic carbocycles. The minimum atomic E-state index is -0.867. The molecule has 103 valence electrons. The molecule has 0 N–H and O–H groups in total. The fourth-order valence-electron chi connectivity index (χ4n) is 1.66. The smallest absolute Gasteiger partial charge is 0.137 e. The van der Waals surface area contributed by atoms with Crippen molar-refractivity contribution in [3.05, 3.63) is 65.5 Å². The van der Waals surface area contributed by atoms with Gasteiger partial charge in [-0.3, -0.25) is 0 Å². The van der Waals surface area contributed by atoms with Gasteiger partial charge in [-0.25, -0.2) is 13.2 Å². The highest BCUT2D eigenvalue weighted by Crippen LogP contribution is 2.34. The Balaban J connectivity index is 2.49. The molecular formula is C15H9ClF3O. The van der Waals surface area contributed by atoms with Crippen LogP contribution in [0.2, 0.25) is 5.02 Å². The maximum absolute atomic E-state index is 14.0. The van der Waals surface area contributed by atoms with Crippen LogP contribution >= 0.6 is 11.6 Å². The number of benzene rings is 2. The van der Waals surface area contributed by atoms with Crippen LogP contribution in [-0.2, 0) is 0 Å². The van der Waals surface area contributed by atoms with Gasteiger partial charge < -0.3 is 4.74 Å². The summed E-state index contributed by atoms with van der Waals surface area (Å²) in [5, 5.41) is -0.123. The maximum Gasteiger partial charge on any atom is 0.137 e. The third kappa shape index (κ3) is 2.96. The zero-order chi connectivity index (χ0) is 14.7. The van der Waals surface area contributed by atoms with Crippen molar-refractivity contribution < 1.29 is 17.9 Å². The van der Waals surface area contributed by atoms with E-state index in [1.807, 2.05) is 0 Å². The van der Waals surface area contributed by atoms with Crippen molar-refractivity contribution in [2.75, 3.05) is 6.61 Å². The van der Waals surface area contributed by atoms with Crippen molar-refractivity contribution in [2.24, 2.45) is 0 Å². The Morgan fingerprint density at radius 3 is 2.40 bits per heavy atom. The summed E-state index contributed by atoms with van der Waals surface area (Å²) in [5.41, 5.74) is -0.417. The summed E-state index contributed by atoms with van der Waals surface area (Å²) in [7, 11) is 0. The molecule has 20 heavy (non-hydrogen) atoms. The zero-order valence-corrected chi connectivity index (χ0v) is 11.0. The summed E-state index contributed by atoms with van der Waals surface area (Å²) in [5.74, 6) is -2.34. The van der Waals surface area contributed by atoms with Gasteiger partial charge in [0.2, 0.25) is 0 Å². The van der Waals surface area contributed by atoms with Crippen molar-refractivity contribution in [2.45, 2.75) is 0 Å². The molecule has 0 heterocycles. The molecule has 2 aromatic carbocycles. The molecule has 0 fully saturated rings. The van der Waals surface area contributed by atoms with Gasteiger partial charge in [-0.05, 0) is 18.2 Å². The van der Waals surface area contributed by atoms with Gasteiger partial charge in [0.25, 0.3) is 0 Å². The Labute approximate surface area is 119 Å². The average molecular weight is 298 g/mol. The molecular weight excluding hydrogens is 289 g/mol. The second-order valence-electron chi connectivity index (χ2n) is 3.90. The number of ether oxygens (including phenoxy) is 1. The van der Waals surface area contributed by atoms with Crippen LogP contribution in [0.25, 0.3) is 11.1 Å². The highest BCUT2D eigenvalue weighted by atomic mass is 35.5. The first-order chi connectivity index (χ1) is 9.52. The quantitative estimate of drug-likeness (QED) is 0.737. The monoisotopic (exact) mass is 297 g/mol. The van der Waals surface area contributed by atoms with E-state index in [4.69, 9.17) is 16.3 Å². The Bertz CT molecular complexity index is 633. The van der Waals surface area contributed by atoms with E-state index in [0.717, 1.165) is 24.3 Å². The molecule has 0 bridgehead atoms. The molecule has 1 radical (unpaired) electrons. The fraction of sp³-hybridized carbons (Fsp3) is 0.0667. The molecule has 1 nitrogen and oxygen atoms in total. The lowest BCUT2D eigenvalue weighted by Gasteiger charge is -2.10. The van der Waals surface area contributed by atoms with Crippen LogP contribution in [0.5, 0.6) is 5.75 Å². The van der Waals surface area contributed by atoms with E-state index in [1.54, 1.807) is 0 Å². The molecule has 0 aliphatic heterocycles. The zero-order valence-electron chi connectivity index (χ0n) is 10.2. The Hall–Kier alpha value is -1.94. The number of rotatable bonds is 4. The third-order valence-corrected chi connectivity index (χ3v) is 2.79. The minimum Gasteiger partial charge on any atom is -0.489 e. The van der Waals surface area contributed by atoms with Gasteiger partial charge in [0.1, 0.15) is 29.8 Å². The van der Waals surface area contributed by atoms with Crippen molar-refractivity contribution in [1.29, 1.82) is 0 Å². The standard InChI is InChI=1S/C15H9ClF3O/c1-2-5-20-10-7-13(18)15(14(19)8-10)11-4-3-9(17)6-12(11)16/h2-3,6-8H,1,5H2. The lowest BCUT2D eigenvalue weighted by atomic mass is 10.0. The van der Waals surface area contributed by atoms with Crippen LogP contribution < -0.4 is 4.74 Å². The maximum atomic E-state index is 14.0. The minimum absolute atomic E-state index is 0.0295. The average Bonchev–Trinajstić information content (AvgIpc) is 2.38. The van der Waals surface area contributed by atoms with E-state index < -0.39 is 17.5 Å². The van der Waals surface area contributed by atoms with E-state index in [0.29, 0.717) is 0 Å². The van der Waals surface area contributed by atoms with Gasteiger partial charge in [0.05, 0.1) is 10.6 Å². The molecule has 5 heteroatoms. The second-order valence-corrected chi connectivity index (χ2v) is 4.31. The summed E-state index contributed by atoms with van der Waals surface area (Å²) >= 11 is 5.78. The lowest BCUT2D eigenvalue weighted by Crippen LogP contribution is -1.97. The van der Waals surface area contributed by atoms with Gasteiger partial charge >= 0.3 is 0 Å². The van der Waals surface area contributed by atoms with Crippen molar-refractivity contribution in [1.82, 2.24) is 0 Å². The van der Waals surface area contributed by atoms with Gasteiger partial charge in [-0.15, -0.1) is 0 Å². The van der Waals surface area contributed by atoms with Crippen molar-refractivity contribution in [3.63, 3.8) is 0 Å². The van der Waals surface area contributed by atoms with Gasteiger partial charge in [0.15, 0.2) is 0 Å². The Morgan fingerprint density at radius 2 is 1.85 bits per heavy atom. The van der Waals surface area contributed by atoms with Gasteiger partial charge in [-0.2, -0.15) is 0 Å². The third-order valence-electron chi connectivity index (χ3n) is 2.49. The first kappa shape index (κ1) is 14.5. The van der Waals surface area contributed by atoms with Crippen LogP contribution in [0, 0.1) is 23.5 Å². The topological polar surface area (TPSA) is 9.23 Å². The normalized spacial score (nSPS) is 10.4. The van der Waals surface area contributed by atoms with E-state index in [2.05, 4.69) is 12.6 Å². The van der Waals surface area contributed by atoms with Crippen LogP contribution in [0.3, 0.4) is 0 Å². The van der Waals surface area contributed by atoms with Gasteiger partial charge in [-0.1, -0.05) is 24.3 Å². The summed E-state index contributed by atoms with van der Waals surface area (Å²) in [4.78, 5) is 0. The SMILES string of the molecule is C=CCOc1cc(F)c(-c2[c]cc(F)cc2Cl)c(F)c1. The molecule has 2 aromatic rings. The number of hydrogen-bond donors (Lipinski definition) is 0. The lowest BCUT2D eigenvalue weighted by molar-refractivity contribution is 0.358. The van der Waals surface area contributed by atoms with Crippen LogP contribution in [0.4, 0.5) is 13.2 Å². The molecule has 2 rings (SSSR count). The van der Waals surface area contributed by atoms with E-state index in [-0.39, 0.29) is 28.5 Å². The highest BCUT2D eigenvalue weighted by molar-refractivity contribution is 6.33. The predicted molar refractivity (Wildman–Crippen MR) is 71.3 cm³/mol. The van der Waals surface area contributed by atoms with Crippen LogP contribution in [0.15, 0.2) is 36.9 Å². The number of halogens is 4.